The molecule has 0 aromatic heterocycles. The van der Waals surface area contributed by atoms with E-state index in [-0.39, 0.29) is 43.2 Å². The molecule has 3 aromatic carbocycles. The number of nitrogens with zero attached hydrogens (tertiary/aromatic N) is 3. The molecule has 0 spiro atoms. The van der Waals surface area contributed by atoms with Crippen molar-refractivity contribution in [2.24, 2.45) is 11.3 Å². The van der Waals surface area contributed by atoms with E-state index in [2.05, 4.69) is 63.4 Å². The van der Waals surface area contributed by atoms with Gasteiger partial charge in [-0.1, -0.05) is 83.0 Å². The van der Waals surface area contributed by atoms with E-state index in [0.717, 1.165) is 57.7 Å². The fourth-order valence-corrected chi connectivity index (χ4v) is 8.34. The normalized spacial score (nSPS) is 14.8. The fraction of sp³-hybridized carbons (Fsp3) is 0.491. The zero-order valence-corrected chi connectivity index (χ0v) is 37.4. The molecular weight excluding hydrogens is 778 g/mol. The first-order valence-corrected chi connectivity index (χ1v) is 22.4. The number of ether oxygens (including phenoxy) is 3. The predicted molar refractivity (Wildman–Crippen MR) is 242 cm³/mol. The van der Waals surface area contributed by atoms with Crippen molar-refractivity contribution in [1.82, 2.24) is 0 Å². The highest BCUT2D eigenvalue weighted by atomic mass is 19.1. The summed E-state index contributed by atoms with van der Waals surface area (Å²) in [5.74, 6) is 0.174. The second-order valence-electron chi connectivity index (χ2n) is 17.2. The van der Waals surface area contributed by atoms with E-state index >= 15 is 4.39 Å². The minimum absolute atomic E-state index is 0.128. The van der Waals surface area contributed by atoms with Gasteiger partial charge in [0, 0.05) is 29.6 Å². The number of carbonyl (C=O) groups excluding carboxylic acids is 2. The summed E-state index contributed by atoms with van der Waals surface area (Å²) in [7, 11) is 0. The molecule has 0 radical (unpaired) electrons. The van der Waals surface area contributed by atoms with Crippen molar-refractivity contribution < 1.29 is 28.2 Å². The molecule has 0 aliphatic heterocycles. The third-order valence-corrected chi connectivity index (χ3v) is 12.1. The summed E-state index contributed by atoms with van der Waals surface area (Å²) < 4.78 is 33.7. The number of rotatable bonds is 24. The standard InChI is InChI=1S/C53H64FN3O5/c1-7-9-10-15-39-18-20-41(21-19-39)42-22-24-46(49(54)33-42)48-32-43(16-11-13-27-55)47(31-40(48)8-2)44-23-25-50(45(30-44)17-12-14-28-56)60-34-53(26-29-57,35-61-51(58)37(3)4)36-62-52(59)38(5)6/h22-25,30-33,39,41H,3,5,7-21,26,34-36H2,1-2,4,6H3. The molecule has 0 atom stereocenters. The van der Waals surface area contributed by atoms with Gasteiger partial charge in [-0.05, 0) is 141 Å². The number of carbonyl (C=O) groups is 2. The van der Waals surface area contributed by atoms with Crippen LogP contribution in [0.1, 0.15) is 139 Å². The average Bonchev–Trinajstić information content (AvgIpc) is 3.27. The van der Waals surface area contributed by atoms with Gasteiger partial charge in [0.25, 0.3) is 0 Å². The number of hydrogen-bond acceptors (Lipinski definition) is 8. The smallest absolute Gasteiger partial charge is 0.333 e. The van der Waals surface area contributed by atoms with E-state index in [0.29, 0.717) is 62.2 Å². The number of halogens is 1. The average molecular weight is 842 g/mol. The molecule has 1 saturated carbocycles. The van der Waals surface area contributed by atoms with Gasteiger partial charge in [0.2, 0.25) is 0 Å². The van der Waals surface area contributed by atoms with Gasteiger partial charge in [-0.3, -0.25) is 0 Å². The summed E-state index contributed by atoms with van der Waals surface area (Å²) in [6, 6.07) is 22.5. The van der Waals surface area contributed by atoms with Gasteiger partial charge in [-0.25, -0.2) is 14.0 Å². The van der Waals surface area contributed by atoms with Crippen molar-refractivity contribution in [3.63, 3.8) is 0 Å². The zero-order valence-electron chi connectivity index (χ0n) is 37.4. The lowest BCUT2D eigenvalue weighted by atomic mass is 9.76. The van der Waals surface area contributed by atoms with Crippen molar-refractivity contribution in [1.29, 1.82) is 15.8 Å². The van der Waals surface area contributed by atoms with Crippen LogP contribution in [-0.4, -0.2) is 31.8 Å². The van der Waals surface area contributed by atoms with Crippen LogP contribution in [0.5, 0.6) is 5.75 Å². The predicted octanol–water partition coefficient (Wildman–Crippen LogP) is 12.8. The van der Waals surface area contributed by atoms with E-state index in [4.69, 9.17) is 14.2 Å². The number of benzene rings is 3. The van der Waals surface area contributed by atoms with E-state index in [1.54, 1.807) is 6.07 Å². The molecule has 8 nitrogen and oxygen atoms in total. The quantitative estimate of drug-likeness (QED) is 0.0494. The van der Waals surface area contributed by atoms with Crippen LogP contribution >= 0.6 is 0 Å². The molecule has 4 rings (SSSR count). The van der Waals surface area contributed by atoms with Crippen LogP contribution in [0.4, 0.5) is 4.39 Å². The maximum Gasteiger partial charge on any atom is 0.333 e. The lowest BCUT2D eigenvalue weighted by Crippen LogP contribution is -2.40. The van der Waals surface area contributed by atoms with Crippen LogP contribution in [0.25, 0.3) is 22.3 Å². The molecule has 3 aromatic rings. The van der Waals surface area contributed by atoms with E-state index in [1.165, 1.54) is 52.4 Å². The molecule has 0 amide bonds. The molecule has 0 bridgehead atoms. The lowest BCUT2D eigenvalue weighted by Gasteiger charge is -2.31. The van der Waals surface area contributed by atoms with E-state index in [9.17, 15) is 25.4 Å². The molecule has 1 fully saturated rings. The Kier molecular flexibility index (Phi) is 19.5. The van der Waals surface area contributed by atoms with Crippen molar-refractivity contribution in [2.45, 2.75) is 136 Å². The zero-order chi connectivity index (χ0) is 45.1. The molecule has 0 N–H and O–H groups in total. The molecular formula is C53H64FN3O5. The number of aryl methyl sites for hydroxylation is 3. The SMILES string of the molecule is C=C(C)C(=O)OCC(CC#N)(COC(=O)C(=C)C)COc1ccc(-c2cc(CC)c(-c3ccc(C4CCC(CCCCC)CC4)cc3F)cc2CCCC#N)cc1CCCC#N. The van der Waals surface area contributed by atoms with Gasteiger partial charge in [0.05, 0.1) is 30.0 Å². The number of nitriles is 3. The summed E-state index contributed by atoms with van der Waals surface area (Å²) in [4.78, 5) is 24.9. The van der Waals surface area contributed by atoms with Crippen molar-refractivity contribution in [3.05, 3.63) is 101 Å². The summed E-state index contributed by atoms with van der Waals surface area (Å²) in [5.41, 5.74) is 6.38. The van der Waals surface area contributed by atoms with Crippen molar-refractivity contribution in [2.75, 3.05) is 19.8 Å². The molecule has 0 unspecified atom stereocenters. The number of esters is 2. The molecule has 1 aliphatic rings. The van der Waals surface area contributed by atoms with E-state index in [1.807, 2.05) is 24.3 Å². The third-order valence-electron chi connectivity index (χ3n) is 12.1. The monoisotopic (exact) mass is 841 g/mol. The first-order chi connectivity index (χ1) is 29.9. The molecule has 9 heteroatoms. The first kappa shape index (κ1) is 48.9. The summed E-state index contributed by atoms with van der Waals surface area (Å²) in [5, 5.41) is 28.7. The molecule has 328 valence electrons. The van der Waals surface area contributed by atoms with Crippen LogP contribution < -0.4 is 4.74 Å². The highest BCUT2D eigenvalue weighted by Gasteiger charge is 2.36. The van der Waals surface area contributed by atoms with Crippen LogP contribution in [0, 0.1) is 51.1 Å². The third kappa shape index (κ3) is 13.9. The van der Waals surface area contributed by atoms with Gasteiger partial charge in [0.15, 0.2) is 0 Å². The van der Waals surface area contributed by atoms with Crippen LogP contribution in [-0.2, 0) is 38.3 Å². The van der Waals surface area contributed by atoms with Gasteiger partial charge in [-0.2, -0.15) is 15.8 Å². The Morgan fingerprint density at radius 3 is 1.92 bits per heavy atom. The highest BCUT2D eigenvalue weighted by Crippen LogP contribution is 2.41. The Morgan fingerprint density at radius 2 is 1.35 bits per heavy atom. The second kappa shape index (κ2) is 24.7. The molecule has 0 saturated heterocycles. The largest absolute Gasteiger partial charge is 0.492 e. The van der Waals surface area contributed by atoms with E-state index < -0.39 is 17.4 Å². The molecule has 62 heavy (non-hydrogen) atoms. The Balaban J connectivity index is 1.70. The summed E-state index contributed by atoms with van der Waals surface area (Å²) in [6.07, 6.45) is 13.3. The van der Waals surface area contributed by atoms with Gasteiger partial charge in [-0.15, -0.1) is 0 Å². The maximum atomic E-state index is 16.3. The van der Waals surface area contributed by atoms with Gasteiger partial charge >= 0.3 is 11.9 Å². The van der Waals surface area contributed by atoms with Crippen LogP contribution in [0.2, 0.25) is 0 Å². The minimum atomic E-state index is -1.21. The Morgan fingerprint density at radius 1 is 0.726 bits per heavy atom. The summed E-state index contributed by atoms with van der Waals surface area (Å²) in [6.45, 7) is 14.0. The Hall–Kier alpha value is -5.72. The van der Waals surface area contributed by atoms with Crippen LogP contribution in [0.15, 0.2) is 72.8 Å². The highest BCUT2D eigenvalue weighted by molar-refractivity contribution is 5.87. The molecule has 1 aliphatic carbocycles. The van der Waals surface area contributed by atoms with Crippen molar-refractivity contribution >= 4 is 11.9 Å². The Bertz CT molecular complexity index is 2130. The maximum absolute atomic E-state index is 16.3. The van der Waals surface area contributed by atoms with Crippen molar-refractivity contribution in [3.8, 4) is 46.2 Å². The van der Waals surface area contributed by atoms with Crippen LogP contribution in [0.3, 0.4) is 0 Å². The number of unbranched alkanes of at least 4 members (excludes halogenated alkanes) is 4. The fourth-order valence-electron chi connectivity index (χ4n) is 8.34. The first-order valence-electron chi connectivity index (χ1n) is 22.4. The number of hydrogen-bond donors (Lipinski definition) is 0. The summed E-state index contributed by atoms with van der Waals surface area (Å²) >= 11 is 0. The molecule has 0 heterocycles. The minimum Gasteiger partial charge on any atom is -0.492 e. The van der Waals surface area contributed by atoms with Gasteiger partial charge in [0.1, 0.15) is 31.4 Å². The Labute approximate surface area is 369 Å². The lowest BCUT2D eigenvalue weighted by molar-refractivity contribution is -0.150. The second-order valence-corrected chi connectivity index (χ2v) is 17.2. The van der Waals surface area contributed by atoms with Gasteiger partial charge < -0.3 is 14.2 Å². The topological polar surface area (TPSA) is 133 Å².